The van der Waals surface area contributed by atoms with Crippen molar-refractivity contribution in [1.82, 2.24) is 9.97 Å². The fourth-order valence-corrected chi connectivity index (χ4v) is 4.73. The predicted octanol–water partition coefficient (Wildman–Crippen LogP) is 5.79. The van der Waals surface area contributed by atoms with Gasteiger partial charge < -0.3 is 5.32 Å². The smallest absolute Gasteiger partial charge is 0.237 e. The Hall–Kier alpha value is -2.70. The second-order valence-electron chi connectivity index (χ2n) is 6.49. The topological polar surface area (TPSA) is 54.9 Å². The summed E-state index contributed by atoms with van der Waals surface area (Å²) >= 11 is 3.09. The van der Waals surface area contributed by atoms with E-state index in [1.807, 2.05) is 56.3 Å². The van der Waals surface area contributed by atoms with Crippen molar-refractivity contribution in [1.29, 1.82) is 0 Å². The first-order chi connectivity index (χ1) is 13.6. The van der Waals surface area contributed by atoms with Gasteiger partial charge in [0.25, 0.3) is 0 Å². The quantitative estimate of drug-likeness (QED) is 0.337. The van der Waals surface area contributed by atoms with E-state index in [0.29, 0.717) is 0 Å². The lowest BCUT2D eigenvalue weighted by molar-refractivity contribution is -0.115. The summed E-state index contributed by atoms with van der Waals surface area (Å²) in [6, 6.07) is 20.1. The Morgan fingerprint density at radius 2 is 1.82 bits per heavy atom. The monoisotopic (exact) mass is 405 g/mol. The van der Waals surface area contributed by atoms with Crippen LogP contribution >= 0.6 is 23.1 Å². The molecule has 0 unspecified atom stereocenters. The Morgan fingerprint density at radius 3 is 2.57 bits per heavy atom. The van der Waals surface area contributed by atoms with Crippen LogP contribution in [-0.4, -0.2) is 21.1 Å². The summed E-state index contributed by atoms with van der Waals surface area (Å²) in [7, 11) is 0. The lowest BCUT2D eigenvalue weighted by Crippen LogP contribution is -2.22. The minimum Gasteiger partial charge on any atom is -0.325 e. The summed E-state index contributed by atoms with van der Waals surface area (Å²) in [5.74, 6) is -0.0425. The van der Waals surface area contributed by atoms with Gasteiger partial charge in [0.2, 0.25) is 5.91 Å². The fraction of sp³-hybridized carbons (Fsp3) is 0.136. The number of nitrogens with one attached hydrogen (secondary N) is 1. The summed E-state index contributed by atoms with van der Waals surface area (Å²) in [5, 5.41) is 4.51. The minimum absolute atomic E-state index is 0.0425. The molecule has 0 aliphatic heterocycles. The van der Waals surface area contributed by atoms with Crippen LogP contribution in [0.2, 0.25) is 0 Å². The highest BCUT2D eigenvalue weighted by atomic mass is 32.2. The number of carbonyl (C=O) groups excluding carboxylic acids is 1. The summed E-state index contributed by atoms with van der Waals surface area (Å²) in [5.41, 5.74) is 3.12. The minimum atomic E-state index is -0.278. The number of fused-ring (bicyclic) bond motifs is 1. The number of rotatable bonds is 5. The van der Waals surface area contributed by atoms with Crippen molar-refractivity contribution in [3.63, 3.8) is 0 Å². The third-order valence-electron chi connectivity index (χ3n) is 4.33. The molecular weight excluding hydrogens is 386 g/mol. The molecule has 1 amide bonds. The van der Waals surface area contributed by atoms with Gasteiger partial charge in [-0.05, 0) is 37.6 Å². The zero-order valence-electron chi connectivity index (χ0n) is 15.5. The number of aromatic nitrogens is 2. The maximum absolute atomic E-state index is 12.6. The summed E-state index contributed by atoms with van der Waals surface area (Å²) in [6.07, 6.45) is 1.57. The van der Waals surface area contributed by atoms with E-state index in [0.717, 1.165) is 36.9 Å². The SMILES string of the molecule is Cc1ccc(NC(=O)[C@@H](C)Sc2ncnc3sc(-c4ccccc4)cc23)cc1. The van der Waals surface area contributed by atoms with Gasteiger partial charge in [0.15, 0.2) is 0 Å². The highest BCUT2D eigenvalue weighted by Crippen LogP contribution is 2.37. The average molecular weight is 406 g/mol. The maximum atomic E-state index is 12.6. The molecule has 2 heterocycles. The number of anilines is 1. The van der Waals surface area contributed by atoms with E-state index in [4.69, 9.17) is 0 Å². The van der Waals surface area contributed by atoms with Crippen LogP contribution in [-0.2, 0) is 4.79 Å². The molecule has 0 radical (unpaired) electrons. The molecule has 4 rings (SSSR count). The van der Waals surface area contributed by atoms with Crippen LogP contribution in [0.1, 0.15) is 12.5 Å². The molecule has 0 spiro atoms. The van der Waals surface area contributed by atoms with Crippen LogP contribution in [0.15, 0.2) is 72.0 Å². The van der Waals surface area contributed by atoms with Gasteiger partial charge in [0.05, 0.1) is 5.25 Å². The molecule has 28 heavy (non-hydrogen) atoms. The van der Waals surface area contributed by atoms with E-state index in [-0.39, 0.29) is 11.2 Å². The Morgan fingerprint density at radius 1 is 1.07 bits per heavy atom. The van der Waals surface area contributed by atoms with Crippen molar-refractivity contribution < 1.29 is 4.79 Å². The van der Waals surface area contributed by atoms with E-state index in [9.17, 15) is 4.79 Å². The first kappa shape index (κ1) is 18.7. The third-order valence-corrected chi connectivity index (χ3v) is 6.54. The predicted molar refractivity (Wildman–Crippen MR) is 118 cm³/mol. The van der Waals surface area contributed by atoms with Gasteiger partial charge in [0, 0.05) is 16.0 Å². The molecule has 0 saturated heterocycles. The Balaban J connectivity index is 1.54. The van der Waals surface area contributed by atoms with Crippen molar-refractivity contribution >= 4 is 44.9 Å². The molecule has 1 atom stereocenters. The molecule has 0 aliphatic carbocycles. The highest BCUT2D eigenvalue weighted by molar-refractivity contribution is 8.00. The number of carbonyl (C=O) groups is 1. The molecule has 0 aliphatic rings. The lowest BCUT2D eigenvalue weighted by Gasteiger charge is -2.12. The second-order valence-corrected chi connectivity index (χ2v) is 8.85. The number of thiophene rings is 1. The average Bonchev–Trinajstić information content (AvgIpc) is 3.16. The summed E-state index contributed by atoms with van der Waals surface area (Å²) in [4.78, 5) is 23.5. The van der Waals surface area contributed by atoms with Crippen LogP contribution in [0, 0.1) is 6.92 Å². The molecule has 2 aromatic heterocycles. The van der Waals surface area contributed by atoms with Gasteiger partial charge in [-0.1, -0.05) is 59.8 Å². The molecule has 0 saturated carbocycles. The first-order valence-corrected chi connectivity index (χ1v) is 10.6. The number of aryl methyl sites for hydroxylation is 1. The van der Waals surface area contributed by atoms with Gasteiger partial charge in [-0.3, -0.25) is 4.79 Å². The molecule has 1 N–H and O–H groups in total. The molecule has 0 fully saturated rings. The number of amides is 1. The molecule has 2 aromatic carbocycles. The summed E-state index contributed by atoms with van der Waals surface area (Å²) in [6.45, 7) is 3.92. The van der Waals surface area contributed by atoms with Crippen molar-refractivity contribution in [3.05, 3.63) is 72.6 Å². The van der Waals surface area contributed by atoms with Gasteiger partial charge in [-0.2, -0.15) is 0 Å². The standard InChI is InChI=1S/C22H19N3OS2/c1-14-8-10-17(11-9-14)25-20(26)15(2)27-21-18-12-19(16-6-4-3-5-7-16)28-22(18)24-13-23-21/h3-13,15H,1-2H3,(H,25,26)/t15-/m1/s1. The Kier molecular flexibility index (Phi) is 5.41. The number of benzene rings is 2. The Bertz CT molecular complexity index is 1110. The molecule has 140 valence electrons. The fourth-order valence-electron chi connectivity index (χ4n) is 2.77. The number of thioether (sulfide) groups is 1. The van der Waals surface area contributed by atoms with Crippen LogP contribution in [0.4, 0.5) is 5.69 Å². The van der Waals surface area contributed by atoms with Gasteiger partial charge >= 0.3 is 0 Å². The van der Waals surface area contributed by atoms with Gasteiger partial charge in [-0.15, -0.1) is 11.3 Å². The number of hydrogen-bond donors (Lipinski definition) is 1. The first-order valence-electron chi connectivity index (χ1n) is 8.94. The number of nitrogens with zero attached hydrogens (tertiary/aromatic N) is 2. The molecule has 4 aromatic rings. The normalized spacial score (nSPS) is 12.1. The molecule has 0 bridgehead atoms. The highest BCUT2D eigenvalue weighted by Gasteiger charge is 2.18. The van der Waals surface area contributed by atoms with Gasteiger partial charge in [-0.25, -0.2) is 9.97 Å². The van der Waals surface area contributed by atoms with Crippen molar-refractivity contribution in [2.24, 2.45) is 0 Å². The van der Waals surface area contributed by atoms with Crippen LogP contribution in [0.25, 0.3) is 20.7 Å². The van der Waals surface area contributed by atoms with Crippen molar-refractivity contribution in [3.8, 4) is 10.4 Å². The third kappa shape index (κ3) is 4.08. The number of hydrogen-bond acceptors (Lipinski definition) is 5. The van der Waals surface area contributed by atoms with Gasteiger partial charge in [0.1, 0.15) is 16.2 Å². The van der Waals surface area contributed by atoms with E-state index >= 15 is 0 Å². The molecule has 4 nitrogen and oxygen atoms in total. The Labute approximate surface area is 172 Å². The van der Waals surface area contributed by atoms with E-state index in [1.54, 1.807) is 17.7 Å². The zero-order valence-corrected chi connectivity index (χ0v) is 17.2. The zero-order chi connectivity index (χ0) is 19.5. The van der Waals surface area contributed by atoms with Crippen LogP contribution < -0.4 is 5.32 Å². The summed E-state index contributed by atoms with van der Waals surface area (Å²) < 4.78 is 0. The van der Waals surface area contributed by atoms with E-state index < -0.39 is 0 Å². The van der Waals surface area contributed by atoms with E-state index in [1.165, 1.54) is 11.8 Å². The second kappa shape index (κ2) is 8.12. The van der Waals surface area contributed by atoms with Crippen LogP contribution in [0.3, 0.4) is 0 Å². The van der Waals surface area contributed by atoms with Crippen LogP contribution in [0.5, 0.6) is 0 Å². The van der Waals surface area contributed by atoms with Crippen molar-refractivity contribution in [2.75, 3.05) is 5.32 Å². The lowest BCUT2D eigenvalue weighted by atomic mass is 10.2. The van der Waals surface area contributed by atoms with Crippen molar-refractivity contribution in [2.45, 2.75) is 24.1 Å². The molecule has 6 heteroatoms. The largest absolute Gasteiger partial charge is 0.325 e. The molecular formula is C22H19N3OS2. The maximum Gasteiger partial charge on any atom is 0.237 e. The van der Waals surface area contributed by atoms with E-state index in [2.05, 4.69) is 33.5 Å².